The number of halogens is 1. The lowest BCUT2D eigenvalue weighted by Crippen LogP contribution is -2.25. The van der Waals surface area contributed by atoms with Crippen molar-refractivity contribution in [3.63, 3.8) is 0 Å². The predicted octanol–water partition coefficient (Wildman–Crippen LogP) is 2.16. The summed E-state index contributed by atoms with van der Waals surface area (Å²) in [5, 5.41) is 31.5. The third kappa shape index (κ3) is 5.79. The number of likely N-dealkylation sites (N-methyl/N-ethyl adjacent to an activating group) is 1. The number of hydrazone groups is 1. The van der Waals surface area contributed by atoms with Gasteiger partial charge in [0.15, 0.2) is 0 Å². The van der Waals surface area contributed by atoms with E-state index >= 15 is 0 Å². The summed E-state index contributed by atoms with van der Waals surface area (Å²) in [5.74, 6) is 0. The molecule has 0 atom stereocenters. The van der Waals surface area contributed by atoms with Crippen molar-refractivity contribution in [2.45, 2.75) is 4.90 Å². The largest absolute Gasteiger partial charge is 0.383 e. The fourth-order valence-corrected chi connectivity index (χ4v) is 4.06. The highest BCUT2D eigenvalue weighted by molar-refractivity contribution is 7.89. The minimum Gasteiger partial charge on any atom is -0.383 e. The first-order valence-corrected chi connectivity index (χ1v) is 11.1. The summed E-state index contributed by atoms with van der Waals surface area (Å²) in [6.07, 6.45) is 4.40. The molecule has 0 fully saturated rings. The van der Waals surface area contributed by atoms with Gasteiger partial charge in [-0.15, -0.1) is 12.4 Å². The normalized spacial score (nSPS) is 11.4. The maximum Gasteiger partial charge on any atom is 0.281 e. The smallest absolute Gasteiger partial charge is 0.281 e. The Balaban J connectivity index is 0.00000408. The number of nitro benzene ring substituents is 1. The molecule has 0 aliphatic carbocycles. The van der Waals surface area contributed by atoms with E-state index in [0.717, 1.165) is 10.5 Å². The number of hydrogen-bond acceptors (Lipinski definition) is 9. The molecule has 1 N–H and O–H groups in total. The molecular formula is C20H23ClN8O4S. The number of aromatic nitrogens is 2. The van der Waals surface area contributed by atoms with Crippen LogP contribution in [0.2, 0.25) is 0 Å². The van der Waals surface area contributed by atoms with Crippen LogP contribution < -0.4 is 5.32 Å². The predicted molar refractivity (Wildman–Crippen MR) is 130 cm³/mol. The van der Waals surface area contributed by atoms with Gasteiger partial charge in [0.1, 0.15) is 4.90 Å². The van der Waals surface area contributed by atoms with Crippen molar-refractivity contribution in [3.8, 4) is 6.07 Å². The number of sulfonamides is 1. The number of nitrogens with one attached hydrogen (secondary N) is 1. The number of fused-ring (bicyclic) bond motifs is 1. The first kappa shape index (κ1) is 26.5. The second-order valence-electron chi connectivity index (χ2n) is 7.31. The lowest BCUT2D eigenvalue weighted by Gasteiger charge is -2.18. The molecule has 3 rings (SSSR count). The van der Waals surface area contributed by atoms with Crippen molar-refractivity contribution < 1.29 is 13.3 Å². The molecule has 3 aromatic rings. The van der Waals surface area contributed by atoms with Crippen LogP contribution >= 0.6 is 12.4 Å². The number of rotatable bonds is 9. The molecule has 0 bridgehead atoms. The van der Waals surface area contributed by atoms with Gasteiger partial charge in [-0.05, 0) is 32.3 Å². The van der Waals surface area contributed by atoms with Gasteiger partial charge in [0.2, 0.25) is 0 Å². The van der Waals surface area contributed by atoms with Crippen LogP contribution in [0.15, 0.2) is 52.7 Å². The summed E-state index contributed by atoms with van der Waals surface area (Å²) in [7, 11) is 0.762. The van der Waals surface area contributed by atoms with E-state index in [9.17, 15) is 18.5 Å². The molecule has 0 aliphatic heterocycles. The lowest BCUT2D eigenvalue weighted by atomic mass is 10.2. The van der Waals surface area contributed by atoms with E-state index in [1.54, 1.807) is 18.3 Å². The molecule has 180 valence electrons. The lowest BCUT2D eigenvalue weighted by molar-refractivity contribution is -0.385. The summed E-state index contributed by atoms with van der Waals surface area (Å²) >= 11 is 0. The van der Waals surface area contributed by atoms with Crippen LogP contribution in [0, 0.1) is 21.4 Å². The fourth-order valence-electron chi connectivity index (χ4n) is 2.91. The van der Waals surface area contributed by atoms with Crippen molar-refractivity contribution in [3.05, 3.63) is 64.0 Å². The summed E-state index contributed by atoms with van der Waals surface area (Å²) in [6, 6.07) is 8.86. The van der Waals surface area contributed by atoms with Crippen LogP contribution in [0.4, 0.5) is 11.4 Å². The van der Waals surface area contributed by atoms with Gasteiger partial charge in [-0.1, -0.05) is 0 Å². The maximum atomic E-state index is 13.2. The van der Waals surface area contributed by atoms with Gasteiger partial charge in [-0.3, -0.25) is 10.1 Å². The number of hydrogen-bond donors (Lipinski definition) is 1. The van der Waals surface area contributed by atoms with E-state index in [4.69, 9.17) is 5.26 Å². The summed E-state index contributed by atoms with van der Waals surface area (Å²) in [5.41, 5.74) is 1.38. The molecule has 14 heteroatoms. The molecule has 0 unspecified atom stereocenters. The molecule has 0 aliphatic rings. The third-order valence-electron chi connectivity index (χ3n) is 4.72. The number of benzene rings is 1. The van der Waals surface area contributed by atoms with Crippen LogP contribution in [0.3, 0.4) is 0 Å². The molecular weight excluding hydrogens is 484 g/mol. The van der Waals surface area contributed by atoms with Gasteiger partial charge in [0, 0.05) is 44.0 Å². The molecule has 1 aromatic carbocycles. The van der Waals surface area contributed by atoms with E-state index < -0.39 is 14.9 Å². The number of pyridine rings is 1. The van der Waals surface area contributed by atoms with Gasteiger partial charge < -0.3 is 10.2 Å². The topological polar surface area (TPSA) is 149 Å². The Kier molecular flexibility index (Phi) is 8.52. The maximum absolute atomic E-state index is 13.2. The van der Waals surface area contributed by atoms with Gasteiger partial charge in [-0.25, -0.2) is 4.52 Å². The van der Waals surface area contributed by atoms with Gasteiger partial charge in [-0.2, -0.15) is 28.3 Å². The van der Waals surface area contributed by atoms with Crippen LogP contribution in [0.25, 0.3) is 5.52 Å². The Labute approximate surface area is 202 Å². The van der Waals surface area contributed by atoms with Crippen LogP contribution in [0.1, 0.15) is 11.1 Å². The molecule has 12 nitrogen and oxygen atoms in total. The van der Waals surface area contributed by atoms with Crippen LogP contribution in [-0.4, -0.2) is 72.7 Å². The van der Waals surface area contributed by atoms with E-state index in [-0.39, 0.29) is 28.7 Å². The monoisotopic (exact) mass is 506 g/mol. The Bertz CT molecular complexity index is 1360. The highest BCUT2D eigenvalue weighted by Gasteiger charge is 2.26. The van der Waals surface area contributed by atoms with Gasteiger partial charge in [0.25, 0.3) is 15.7 Å². The number of nitro groups is 1. The van der Waals surface area contributed by atoms with E-state index in [2.05, 4.69) is 15.5 Å². The minimum absolute atomic E-state index is 0. The average Bonchev–Trinajstić information content (AvgIpc) is 3.19. The van der Waals surface area contributed by atoms with Gasteiger partial charge >= 0.3 is 0 Å². The summed E-state index contributed by atoms with van der Waals surface area (Å²) in [6.45, 7) is 1.06. The number of non-ortho nitro benzene ring substituents is 1. The average molecular weight is 507 g/mol. The Morgan fingerprint density at radius 2 is 2.03 bits per heavy atom. The molecule has 0 saturated heterocycles. The first-order valence-electron chi connectivity index (χ1n) is 9.71. The van der Waals surface area contributed by atoms with Crippen LogP contribution in [0.5, 0.6) is 0 Å². The molecule has 0 radical (unpaired) electrons. The molecule has 0 amide bonds. The Hall–Kier alpha value is -3.73. The minimum atomic E-state index is -4.22. The zero-order valence-corrected chi connectivity index (χ0v) is 20.2. The van der Waals surface area contributed by atoms with Crippen molar-refractivity contribution in [2.75, 3.05) is 39.5 Å². The Morgan fingerprint density at radius 1 is 1.29 bits per heavy atom. The number of nitriles is 1. The molecule has 0 spiro atoms. The molecule has 34 heavy (non-hydrogen) atoms. The highest BCUT2D eigenvalue weighted by Crippen LogP contribution is 2.28. The van der Waals surface area contributed by atoms with Crippen molar-refractivity contribution in [2.24, 2.45) is 5.10 Å². The molecule has 2 heterocycles. The third-order valence-corrected chi connectivity index (χ3v) is 6.40. The van der Waals surface area contributed by atoms with Gasteiger partial charge in [0.05, 0.1) is 40.2 Å². The van der Waals surface area contributed by atoms with Crippen molar-refractivity contribution >= 4 is 45.5 Å². The van der Waals surface area contributed by atoms with E-state index in [0.29, 0.717) is 29.7 Å². The quantitative estimate of drug-likeness (QED) is 0.263. The zero-order chi connectivity index (χ0) is 24.2. The standard InChI is InChI=1S/C20H22N8O4S.ClH/c1-25(2)9-7-22-18-5-4-17(28(29)30)11-20(18)33(31,32)26(3)23-13-16-14-24-27-8-6-15(12-21)10-19(16)27;/h4-6,8,10-11,13-14,22H,7,9H2,1-3H3;1H/b23-13-;. The van der Waals surface area contributed by atoms with Crippen LogP contribution in [-0.2, 0) is 10.0 Å². The zero-order valence-electron chi connectivity index (χ0n) is 18.6. The number of nitrogens with zero attached hydrogens (tertiary/aromatic N) is 7. The molecule has 2 aromatic heterocycles. The van der Waals surface area contributed by atoms with Crippen molar-refractivity contribution in [1.82, 2.24) is 18.9 Å². The van der Waals surface area contributed by atoms with E-state index in [1.807, 2.05) is 25.1 Å². The second kappa shape index (κ2) is 10.9. The summed E-state index contributed by atoms with van der Waals surface area (Å²) in [4.78, 5) is 12.2. The summed E-state index contributed by atoms with van der Waals surface area (Å²) < 4.78 is 28.7. The Morgan fingerprint density at radius 3 is 2.68 bits per heavy atom. The fraction of sp³-hybridized carbons (Fsp3) is 0.250. The number of anilines is 1. The van der Waals surface area contributed by atoms with Crippen molar-refractivity contribution in [1.29, 1.82) is 5.26 Å². The van der Waals surface area contributed by atoms with E-state index in [1.165, 1.54) is 36.1 Å². The highest BCUT2D eigenvalue weighted by atomic mass is 35.5. The second-order valence-corrected chi connectivity index (χ2v) is 9.23. The SMILES string of the molecule is CN(C)CCNc1ccc([N+](=O)[O-])cc1S(=O)(=O)N(C)/N=C\c1cnn2ccc(C#N)cc12.Cl. The first-order chi connectivity index (χ1) is 15.6. The molecule has 0 saturated carbocycles.